The molecule has 0 bridgehead atoms. The Balaban J connectivity index is 1.64. The summed E-state index contributed by atoms with van der Waals surface area (Å²) >= 11 is 6.77. The minimum atomic E-state index is -1.32. The first-order valence-corrected chi connectivity index (χ1v) is 8.50. The quantitative estimate of drug-likeness (QED) is 0.495. The highest BCUT2D eigenvalue weighted by atomic mass is 35.5. The first-order chi connectivity index (χ1) is 12.3. The van der Waals surface area contributed by atoms with Crippen LogP contribution in [-0.2, 0) is 0 Å². The molecule has 0 spiro atoms. The van der Waals surface area contributed by atoms with Gasteiger partial charge in [-0.1, -0.05) is 22.9 Å². The minimum Gasteiger partial charge on any atom is -0.507 e. The number of rotatable bonds is 5. The van der Waals surface area contributed by atoms with Gasteiger partial charge in [-0.05, 0) is 24.3 Å². The van der Waals surface area contributed by atoms with Gasteiger partial charge >= 0.3 is 0 Å². The summed E-state index contributed by atoms with van der Waals surface area (Å²) in [6.07, 6.45) is -1.32. The maximum atomic E-state index is 13.6. The van der Waals surface area contributed by atoms with Gasteiger partial charge in [-0.25, -0.2) is 13.8 Å². The number of nitrogens with zero attached hydrogens (tertiary/aromatic N) is 1. The molecule has 0 aliphatic heterocycles. The number of aliphatic hydroxyl groups is 1. The summed E-state index contributed by atoms with van der Waals surface area (Å²) in [4.78, 5) is 16.0. The van der Waals surface area contributed by atoms with Crippen LogP contribution < -0.4 is 10.6 Å². The lowest BCUT2D eigenvalue weighted by atomic mass is 10.2. The molecular formula is C16H12ClF2N3O3S. The second-order valence-electron chi connectivity index (χ2n) is 5.29. The number of anilines is 1. The number of halogens is 3. The van der Waals surface area contributed by atoms with E-state index < -0.39 is 23.8 Å². The van der Waals surface area contributed by atoms with Crippen molar-refractivity contribution in [3.63, 3.8) is 0 Å². The van der Waals surface area contributed by atoms with E-state index in [2.05, 4.69) is 15.6 Å². The van der Waals surface area contributed by atoms with E-state index in [-0.39, 0.29) is 33.5 Å². The summed E-state index contributed by atoms with van der Waals surface area (Å²) in [6.45, 7) is -0.142. The average Bonchev–Trinajstić information content (AvgIpc) is 2.98. The highest BCUT2D eigenvalue weighted by molar-refractivity contribution is 7.22. The smallest absolute Gasteiger partial charge is 0.257 e. The lowest BCUT2D eigenvalue weighted by Crippen LogP contribution is -2.39. The van der Waals surface area contributed by atoms with Crippen LogP contribution in [0.2, 0.25) is 5.02 Å². The number of phenolic OH excluding ortho intramolecular Hbond substituents is 1. The molecule has 1 unspecified atom stereocenters. The molecule has 4 N–H and O–H groups in total. The zero-order valence-electron chi connectivity index (χ0n) is 13.0. The molecule has 1 atom stereocenters. The molecule has 0 saturated heterocycles. The number of hydrogen-bond acceptors (Lipinski definition) is 6. The van der Waals surface area contributed by atoms with Crippen molar-refractivity contribution in [3.05, 3.63) is 52.6 Å². The summed E-state index contributed by atoms with van der Waals surface area (Å²) in [7, 11) is 0. The van der Waals surface area contributed by atoms with Gasteiger partial charge in [0.25, 0.3) is 5.91 Å². The van der Waals surface area contributed by atoms with Gasteiger partial charge in [0.05, 0.1) is 16.8 Å². The van der Waals surface area contributed by atoms with Crippen molar-refractivity contribution in [1.29, 1.82) is 0 Å². The Hall–Kier alpha value is -2.49. The average molecular weight is 400 g/mol. The first kappa shape index (κ1) is 18.3. The van der Waals surface area contributed by atoms with Gasteiger partial charge in [0.1, 0.15) is 23.3 Å². The number of aliphatic hydroxyl groups excluding tert-OH is 1. The minimum absolute atomic E-state index is 0.0151. The molecule has 2 aromatic carbocycles. The van der Waals surface area contributed by atoms with Crippen LogP contribution in [0.25, 0.3) is 10.2 Å². The van der Waals surface area contributed by atoms with Crippen LogP contribution in [0.3, 0.4) is 0 Å². The SMILES string of the molecule is O=C(NC(O)CNc1nc2c(F)cc(F)cc2s1)c1cc(Cl)ccc1O. The standard InChI is InChI=1S/C16H12ClF2N3O3S/c17-7-1-2-11(23)9(3-7)15(25)21-13(24)6-20-16-22-14-10(19)4-8(18)5-12(14)26-16/h1-5,13,23-24H,6H2,(H,20,22)(H,21,25). The van der Waals surface area contributed by atoms with Crippen LogP contribution >= 0.6 is 22.9 Å². The summed E-state index contributed by atoms with van der Waals surface area (Å²) in [5.74, 6) is -2.50. The third kappa shape index (κ3) is 4.01. The fraction of sp³-hybridized carbons (Fsp3) is 0.125. The number of benzene rings is 2. The van der Waals surface area contributed by atoms with Crippen molar-refractivity contribution in [2.24, 2.45) is 0 Å². The monoisotopic (exact) mass is 399 g/mol. The molecule has 0 aliphatic carbocycles. The normalized spacial score (nSPS) is 12.2. The molecule has 1 amide bonds. The fourth-order valence-electron chi connectivity index (χ4n) is 2.19. The number of nitrogens with one attached hydrogen (secondary N) is 2. The maximum Gasteiger partial charge on any atom is 0.257 e. The molecule has 26 heavy (non-hydrogen) atoms. The number of thiazole rings is 1. The predicted octanol–water partition coefficient (Wildman–Crippen LogP) is 3.09. The number of carbonyl (C=O) groups is 1. The Kier molecular flexibility index (Phi) is 5.21. The Bertz CT molecular complexity index is 983. The number of fused-ring (bicyclic) bond motifs is 1. The number of amides is 1. The number of hydrogen-bond donors (Lipinski definition) is 4. The van der Waals surface area contributed by atoms with E-state index in [1.807, 2.05) is 0 Å². The first-order valence-electron chi connectivity index (χ1n) is 7.30. The zero-order valence-corrected chi connectivity index (χ0v) is 14.5. The Morgan fingerprint density at radius 3 is 2.85 bits per heavy atom. The van der Waals surface area contributed by atoms with Crippen LogP contribution in [-0.4, -0.2) is 33.9 Å². The number of carbonyl (C=O) groups excluding carboxylic acids is 1. The highest BCUT2D eigenvalue weighted by Crippen LogP contribution is 2.28. The second-order valence-corrected chi connectivity index (χ2v) is 6.75. The largest absolute Gasteiger partial charge is 0.507 e. The zero-order chi connectivity index (χ0) is 18.8. The lowest BCUT2D eigenvalue weighted by Gasteiger charge is -2.14. The third-order valence-electron chi connectivity index (χ3n) is 3.36. The van der Waals surface area contributed by atoms with Gasteiger partial charge in [0.2, 0.25) is 0 Å². The third-order valence-corrected chi connectivity index (χ3v) is 4.56. The van der Waals surface area contributed by atoms with Crippen molar-refractivity contribution in [1.82, 2.24) is 10.3 Å². The van der Waals surface area contributed by atoms with E-state index in [0.29, 0.717) is 4.70 Å². The van der Waals surface area contributed by atoms with Crippen LogP contribution in [0.5, 0.6) is 5.75 Å². The molecule has 3 aromatic rings. The number of phenols is 1. The van der Waals surface area contributed by atoms with E-state index in [1.54, 1.807) is 0 Å². The van der Waals surface area contributed by atoms with Crippen LogP contribution in [0, 0.1) is 11.6 Å². The Labute approximate surface area is 155 Å². The van der Waals surface area contributed by atoms with E-state index in [9.17, 15) is 23.8 Å². The van der Waals surface area contributed by atoms with Crippen LogP contribution in [0.1, 0.15) is 10.4 Å². The van der Waals surface area contributed by atoms with Crippen molar-refractivity contribution >= 4 is 44.2 Å². The molecule has 0 fully saturated rings. The number of aromatic nitrogens is 1. The molecule has 0 saturated carbocycles. The van der Waals surface area contributed by atoms with E-state index >= 15 is 0 Å². The van der Waals surface area contributed by atoms with Crippen molar-refractivity contribution < 1.29 is 23.8 Å². The molecule has 1 aromatic heterocycles. The second kappa shape index (κ2) is 7.40. The molecule has 1 heterocycles. The van der Waals surface area contributed by atoms with Crippen molar-refractivity contribution in [3.8, 4) is 5.75 Å². The van der Waals surface area contributed by atoms with Crippen LogP contribution in [0.4, 0.5) is 13.9 Å². The molecule has 0 aliphatic rings. The molecule has 136 valence electrons. The topological polar surface area (TPSA) is 94.5 Å². The van der Waals surface area contributed by atoms with Gasteiger partial charge in [-0.15, -0.1) is 0 Å². The summed E-state index contributed by atoms with van der Waals surface area (Å²) in [5, 5.41) is 25.1. The van der Waals surface area contributed by atoms with Crippen molar-refractivity contribution in [2.45, 2.75) is 6.23 Å². The summed E-state index contributed by atoms with van der Waals surface area (Å²) < 4.78 is 27.1. The summed E-state index contributed by atoms with van der Waals surface area (Å²) in [5.41, 5.74) is -0.0737. The van der Waals surface area contributed by atoms with Gasteiger partial charge in [0, 0.05) is 11.1 Å². The maximum absolute atomic E-state index is 13.6. The van der Waals surface area contributed by atoms with Gasteiger partial charge in [0.15, 0.2) is 10.9 Å². The van der Waals surface area contributed by atoms with E-state index in [0.717, 1.165) is 23.5 Å². The predicted molar refractivity (Wildman–Crippen MR) is 94.6 cm³/mol. The van der Waals surface area contributed by atoms with E-state index in [4.69, 9.17) is 11.6 Å². The molecule has 6 nitrogen and oxygen atoms in total. The fourth-order valence-corrected chi connectivity index (χ4v) is 3.27. The van der Waals surface area contributed by atoms with Crippen LogP contribution in [0.15, 0.2) is 30.3 Å². The molecule has 0 radical (unpaired) electrons. The summed E-state index contributed by atoms with van der Waals surface area (Å²) in [6, 6.07) is 5.83. The lowest BCUT2D eigenvalue weighted by molar-refractivity contribution is 0.0806. The van der Waals surface area contributed by atoms with Gasteiger partial charge in [-0.3, -0.25) is 4.79 Å². The molecule has 3 rings (SSSR count). The van der Waals surface area contributed by atoms with E-state index in [1.165, 1.54) is 18.2 Å². The van der Waals surface area contributed by atoms with Gasteiger partial charge in [-0.2, -0.15) is 0 Å². The molecule has 10 heteroatoms. The Morgan fingerprint density at radius 1 is 1.31 bits per heavy atom. The number of aromatic hydroxyl groups is 1. The van der Waals surface area contributed by atoms with Crippen molar-refractivity contribution in [2.75, 3.05) is 11.9 Å². The highest BCUT2D eigenvalue weighted by Gasteiger charge is 2.16. The Morgan fingerprint density at radius 2 is 2.08 bits per heavy atom. The molecular weight excluding hydrogens is 388 g/mol. The van der Waals surface area contributed by atoms with Gasteiger partial charge < -0.3 is 20.8 Å².